The number of aromatic nitrogens is 1. The molecule has 0 saturated heterocycles. The van der Waals surface area contributed by atoms with Crippen LogP contribution in [0, 0.1) is 0 Å². The molecule has 2 rings (SSSR count). The van der Waals surface area contributed by atoms with E-state index in [9.17, 15) is 4.79 Å². The van der Waals surface area contributed by atoms with Crippen molar-refractivity contribution >= 4 is 33.0 Å². The molecular weight excluding hydrogens is 274 g/mol. The minimum atomic E-state index is 0.0601. The molecule has 0 amide bonds. The number of halogens is 1. The van der Waals surface area contributed by atoms with E-state index in [1.807, 2.05) is 17.5 Å². The van der Waals surface area contributed by atoms with E-state index in [1.165, 1.54) is 0 Å². The standard InChI is InChI=1S/C11H8BrNOS/c12-8-5-9(15-7-8)6-11(14)10-3-1-2-4-13-10/h1-5,7H,6H2. The Kier molecular flexibility index (Phi) is 3.28. The quantitative estimate of drug-likeness (QED) is 0.808. The lowest BCUT2D eigenvalue weighted by atomic mass is 10.2. The highest BCUT2D eigenvalue weighted by Gasteiger charge is 2.08. The molecule has 15 heavy (non-hydrogen) atoms. The van der Waals surface area contributed by atoms with E-state index in [0.29, 0.717) is 12.1 Å². The Balaban J connectivity index is 2.11. The zero-order chi connectivity index (χ0) is 10.7. The molecule has 2 aromatic rings. The first-order chi connectivity index (χ1) is 7.25. The lowest BCUT2D eigenvalue weighted by Crippen LogP contribution is -2.04. The summed E-state index contributed by atoms with van der Waals surface area (Å²) in [4.78, 5) is 16.8. The maximum absolute atomic E-state index is 11.8. The van der Waals surface area contributed by atoms with Crippen molar-refractivity contribution in [1.82, 2.24) is 4.98 Å². The SMILES string of the molecule is O=C(Cc1cc(Br)cs1)c1ccccn1. The van der Waals surface area contributed by atoms with Crippen molar-refractivity contribution in [2.75, 3.05) is 0 Å². The van der Waals surface area contributed by atoms with E-state index in [0.717, 1.165) is 9.35 Å². The first-order valence-corrected chi connectivity index (χ1v) is 6.10. The van der Waals surface area contributed by atoms with Crippen LogP contribution in [0.15, 0.2) is 40.3 Å². The zero-order valence-corrected chi connectivity index (χ0v) is 10.2. The van der Waals surface area contributed by atoms with Crippen molar-refractivity contribution in [2.45, 2.75) is 6.42 Å². The van der Waals surface area contributed by atoms with Gasteiger partial charge in [0.25, 0.3) is 0 Å². The summed E-state index contributed by atoms with van der Waals surface area (Å²) in [6.45, 7) is 0. The Hall–Kier alpha value is -1.00. The molecule has 0 aliphatic rings. The van der Waals surface area contributed by atoms with E-state index in [-0.39, 0.29) is 5.78 Å². The monoisotopic (exact) mass is 281 g/mol. The average Bonchev–Trinajstić information content (AvgIpc) is 2.65. The maximum atomic E-state index is 11.8. The Morgan fingerprint density at radius 3 is 2.93 bits per heavy atom. The lowest BCUT2D eigenvalue weighted by Gasteiger charge is -1.96. The number of hydrogen-bond donors (Lipinski definition) is 0. The van der Waals surface area contributed by atoms with Gasteiger partial charge >= 0.3 is 0 Å². The van der Waals surface area contributed by atoms with Crippen LogP contribution in [0.4, 0.5) is 0 Å². The van der Waals surface area contributed by atoms with E-state index >= 15 is 0 Å². The van der Waals surface area contributed by atoms with Gasteiger partial charge in [0.2, 0.25) is 0 Å². The van der Waals surface area contributed by atoms with Crippen LogP contribution in [0.2, 0.25) is 0 Å². The predicted molar refractivity (Wildman–Crippen MR) is 64.3 cm³/mol. The number of nitrogens with zero attached hydrogens (tertiary/aromatic N) is 1. The lowest BCUT2D eigenvalue weighted by molar-refractivity contribution is 0.0989. The first-order valence-electron chi connectivity index (χ1n) is 4.43. The Morgan fingerprint density at radius 2 is 2.33 bits per heavy atom. The van der Waals surface area contributed by atoms with Crippen LogP contribution in [0.5, 0.6) is 0 Å². The van der Waals surface area contributed by atoms with Gasteiger partial charge in [0.05, 0.1) is 0 Å². The number of carbonyl (C=O) groups excluding carboxylic acids is 1. The van der Waals surface area contributed by atoms with Crippen molar-refractivity contribution < 1.29 is 4.79 Å². The number of carbonyl (C=O) groups is 1. The highest BCUT2D eigenvalue weighted by atomic mass is 79.9. The molecule has 0 aliphatic carbocycles. The number of Topliss-reactive ketones (excluding diaryl/α,β-unsaturated/α-hetero) is 1. The van der Waals surface area contributed by atoms with Gasteiger partial charge < -0.3 is 0 Å². The van der Waals surface area contributed by atoms with Gasteiger partial charge in [-0.2, -0.15) is 0 Å². The first kappa shape index (κ1) is 10.5. The molecule has 0 saturated carbocycles. The van der Waals surface area contributed by atoms with Gasteiger partial charge in [0.1, 0.15) is 5.69 Å². The molecule has 2 nitrogen and oxygen atoms in total. The second kappa shape index (κ2) is 4.68. The van der Waals surface area contributed by atoms with Gasteiger partial charge in [0, 0.05) is 27.3 Å². The van der Waals surface area contributed by atoms with Crippen molar-refractivity contribution in [1.29, 1.82) is 0 Å². The normalized spacial score (nSPS) is 10.2. The summed E-state index contributed by atoms with van der Waals surface area (Å²) in [6, 6.07) is 7.33. The third-order valence-corrected chi connectivity index (χ3v) is 3.60. The molecule has 0 spiro atoms. The van der Waals surface area contributed by atoms with Crippen LogP contribution in [0.1, 0.15) is 15.4 Å². The van der Waals surface area contributed by atoms with Gasteiger partial charge in [-0.05, 0) is 34.1 Å². The highest BCUT2D eigenvalue weighted by Crippen LogP contribution is 2.20. The molecule has 2 aromatic heterocycles. The maximum Gasteiger partial charge on any atom is 0.186 e. The van der Waals surface area contributed by atoms with Crippen molar-refractivity contribution in [3.05, 3.63) is 50.9 Å². The summed E-state index contributed by atoms with van der Waals surface area (Å²) >= 11 is 4.94. The average molecular weight is 282 g/mol. The number of hydrogen-bond acceptors (Lipinski definition) is 3. The Bertz CT molecular complexity index is 466. The topological polar surface area (TPSA) is 30.0 Å². The molecule has 0 N–H and O–H groups in total. The fraction of sp³-hybridized carbons (Fsp3) is 0.0909. The number of thiophene rings is 1. The van der Waals surface area contributed by atoms with Crippen LogP contribution in [0.3, 0.4) is 0 Å². The van der Waals surface area contributed by atoms with Crippen molar-refractivity contribution in [2.24, 2.45) is 0 Å². The van der Waals surface area contributed by atoms with Crippen molar-refractivity contribution in [3.8, 4) is 0 Å². The Labute approximate surface area is 100 Å². The largest absolute Gasteiger partial charge is 0.292 e. The minimum Gasteiger partial charge on any atom is -0.292 e. The molecule has 0 atom stereocenters. The smallest absolute Gasteiger partial charge is 0.186 e. The van der Waals surface area contributed by atoms with E-state index in [2.05, 4.69) is 20.9 Å². The summed E-state index contributed by atoms with van der Waals surface area (Å²) in [5.74, 6) is 0.0601. The summed E-state index contributed by atoms with van der Waals surface area (Å²) < 4.78 is 1.02. The van der Waals surface area contributed by atoms with Crippen LogP contribution >= 0.6 is 27.3 Å². The van der Waals surface area contributed by atoms with Gasteiger partial charge in [0.15, 0.2) is 5.78 Å². The minimum absolute atomic E-state index is 0.0601. The molecule has 0 unspecified atom stereocenters. The van der Waals surface area contributed by atoms with Gasteiger partial charge in [-0.15, -0.1) is 11.3 Å². The molecule has 76 valence electrons. The number of pyridine rings is 1. The van der Waals surface area contributed by atoms with Gasteiger partial charge in [-0.25, -0.2) is 0 Å². The van der Waals surface area contributed by atoms with Crippen LogP contribution < -0.4 is 0 Å². The van der Waals surface area contributed by atoms with Gasteiger partial charge in [-0.1, -0.05) is 6.07 Å². The van der Waals surface area contributed by atoms with E-state index in [1.54, 1.807) is 29.7 Å². The van der Waals surface area contributed by atoms with Crippen LogP contribution in [0.25, 0.3) is 0 Å². The summed E-state index contributed by atoms with van der Waals surface area (Å²) in [5.41, 5.74) is 0.530. The third kappa shape index (κ3) is 2.73. The number of rotatable bonds is 3. The summed E-state index contributed by atoms with van der Waals surface area (Å²) in [7, 11) is 0. The van der Waals surface area contributed by atoms with E-state index < -0.39 is 0 Å². The molecule has 0 radical (unpaired) electrons. The molecule has 0 aromatic carbocycles. The fourth-order valence-corrected chi connectivity index (χ4v) is 2.67. The van der Waals surface area contributed by atoms with E-state index in [4.69, 9.17) is 0 Å². The number of ketones is 1. The zero-order valence-electron chi connectivity index (χ0n) is 7.81. The van der Waals surface area contributed by atoms with Crippen LogP contribution in [-0.2, 0) is 6.42 Å². The molecule has 4 heteroatoms. The van der Waals surface area contributed by atoms with Gasteiger partial charge in [-0.3, -0.25) is 9.78 Å². The molecule has 0 aliphatic heterocycles. The highest BCUT2D eigenvalue weighted by molar-refractivity contribution is 9.10. The van der Waals surface area contributed by atoms with Crippen LogP contribution in [-0.4, -0.2) is 10.8 Å². The summed E-state index contributed by atoms with van der Waals surface area (Å²) in [5, 5.41) is 1.97. The second-order valence-electron chi connectivity index (χ2n) is 3.05. The summed E-state index contributed by atoms with van der Waals surface area (Å²) in [6.07, 6.45) is 2.06. The predicted octanol–water partition coefficient (Wildman–Crippen LogP) is 3.33. The molecular formula is C11H8BrNOS. The molecule has 0 bridgehead atoms. The van der Waals surface area contributed by atoms with Crippen molar-refractivity contribution in [3.63, 3.8) is 0 Å². The Morgan fingerprint density at radius 1 is 1.47 bits per heavy atom. The molecule has 0 fully saturated rings. The molecule has 2 heterocycles. The fourth-order valence-electron chi connectivity index (χ4n) is 1.22. The second-order valence-corrected chi connectivity index (χ2v) is 4.96. The third-order valence-electron chi connectivity index (χ3n) is 1.91.